The van der Waals surface area contributed by atoms with Crippen molar-refractivity contribution < 1.29 is 41.0 Å². The summed E-state index contributed by atoms with van der Waals surface area (Å²) in [4.78, 5) is 33.4. The number of rotatable bonds is 26. The molecule has 1 atom stereocenters. The van der Waals surface area contributed by atoms with Gasteiger partial charge in [0.25, 0.3) is 0 Å². The van der Waals surface area contributed by atoms with E-state index in [1.807, 2.05) is 31.2 Å². The van der Waals surface area contributed by atoms with Gasteiger partial charge in [0.1, 0.15) is 27.6 Å². The third kappa shape index (κ3) is 13.5. The molecule has 0 aliphatic heterocycles. The van der Waals surface area contributed by atoms with E-state index in [2.05, 4.69) is 36.2 Å². The number of unbranched alkanes of at least 4 members (excludes halogenated alkanes) is 3. The van der Waals surface area contributed by atoms with Gasteiger partial charge in [0.15, 0.2) is 15.7 Å². The van der Waals surface area contributed by atoms with Gasteiger partial charge in [0, 0.05) is 46.1 Å². The molecule has 0 fully saturated rings. The Morgan fingerprint density at radius 3 is 2.39 bits per heavy atom. The third-order valence-corrected chi connectivity index (χ3v) is 16.0. The van der Waals surface area contributed by atoms with Crippen molar-refractivity contribution in [2.24, 2.45) is 7.05 Å². The van der Waals surface area contributed by atoms with E-state index in [0.717, 1.165) is 36.8 Å². The average Bonchev–Trinajstić information content (AvgIpc) is 3.71. The fraction of sp³-hybridized carbons (Fsp3) is 0.388. The summed E-state index contributed by atoms with van der Waals surface area (Å²) in [5.41, 5.74) is 4.61. The summed E-state index contributed by atoms with van der Waals surface area (Å²) in [5.74, 6) is -0.0239. The van der Waals surface area contributed by atoms with E-state index in [-0.39, 0.29) is 45.5 Å². The molecule has 2 heterocycles. The number of amides is 1. The first kappa shape index (κ1) is 53.0. The number of ether oxygens (including phenoxy) is 2. The van der Waals surface area contributed by atoms with Crippen LogP contribution >= 0.6 is 11.6 Å². The van der Waals surface area contributed by atoms with E-state index < -0.39 is 37.0 Å². The number of carboxylic acid groups (broad SMARTS) is 1. The minimum atomic E-state index is -3.90. The van der Waals surface area contributed by atoms with Crippen molar-refractivity contribution in [3.63, 3.8) is 0 Å². The molecule has 18 nitrogen and oxygen atoms in total. The highest BCUT2D eigenvalue weighted by molar-refractivity contribution is 7.92. The standard InChI is InChI=1S/C49H60ClN9O9S2/c1-32(2)69(63,64)44-15-10-9-14-41(44)54-48-40(50)30-53-49(55-48)52-24-13-16-45(60)51-23-11-7-8-12-25-68-37-19-21-38(22-20-37)70(65,66)58(4)31-36-26-34(18-17-33(36)3)39(29-46(61)62)35-27-42-47(43(28-35)67-6)59(5)57-56-42/h9-10,14-15,17-22,26-28,30,32,39H,7-8,11-13,16,23-25,29,31H2,1-6H3,(H,51,60)(H,61,62)(H2,52,53,54,55). The summed E-state index contributed by atoms with van der Waals surface area (Å²) in [6.07, 6.45) is 5.42. The number of aryl methyl sites for hydroxylation is 2. The van der Waals surface area contributed by atoms with E-state index in [0.29, 0.717) is 71.9 Å². The Bertz CT molecular complexity index is 3010. The number of carbonyl (C=O) groups is 2. The first-order valence-electron chi connectivity index (χ1n) is 22.9. The number of sulfonamides is 1. The zero-order valence-corrected chi connectivity index (χ0v) is 42.5. The highest BCUT2D eigenvalue weighted by atomic mass is 35.5. The average molecular weight is 1020 g/mol. The summed E-state index contributed by atoms with van der Waals surface area (Å²) in [6.45, 7) is 6.62. The zero-order chi connectivity index (χ0) is 50.6. The Morgan fingerprint density at radius 2 is 1.66 bits per heavy atom. The second kappa shape index (κ2) is 24.0. The fourth-order valence-corrected chi connectivity index (χ4v) is 10.2. The highest BCUT2D eigenvalue weighted by Crippen LogP contribution is 2.36. The number of carboxylic acids is 1. The Morgan fingerprint density at radius 1 is 0.914 bits per heavy atom. The first-order chi connectivity index (χ1) is 33.4. The van der Waals surface area contributed by atoms with Crippen LogP contribution in [0.5, 0.6) is 11.5 Å². The lowest BCUT2D eigenvalue weighted by Crippen LogP contribution is -2.27. The molecule has 6 rings (SSSR count). The number of sulfone groups is 1. The van der Waals surface area contributed by atoms with Gasteiger partial charge in [0.2, 0.25) is 21.9 Å². The molecule has 0 aliphatic carbocycles. The van der Waals surface area contributed by atoms with Crippen molar-refractivity contribution in [3.8, 4) is 11.5 Å². The van der Waals surface area contributed by atoms with Gasteiger partial charge in [0.05, 0.1) is 47.1 Å². The summed E-state index contributed by atoms with van der Waals surface area (Å²) >= 11 is 6.33. The van der Waals surface area contributed by atoms with Gasteiger partial charge in [-0.25, -0.2) is 26.5 Å². The van der Waals surface area contributed by atoms with Gasteiger partial charge in [-0.1, -0.05) is 60.0 Å². The van der Waals surface area contributed by atoms with Crippen molar-refractivity contribution >= 4 is 71.8 Å². The predicted molar refractivity (Wildman–Crippen MR) is 269 cm³/mol. The smallest absolute Gasteiger partial charge is 0.304 e. The van der Waals surface area contributed by atoms with Crippen LogP contribution in [0.3, 0.4) is 0 Å². The molecule has 1 unspecified atom stereocenters. The summed E-state index contributed by atoms with van der Waals surface area (Å²) < 4.78 is 67.6. The molecule has 0 bridgehead atoms. The number of hydrogen-bond acceptors (Lipinski definition) is 14. The Hall–Kier alpha value is -6.35. The van der Waals surface area contributed by atoms with Gasteiger partial charge in [-0.15, -0.1) is 5.10 Å². The number of aromatic nitrogens is 5. The number of nitrogens with one attached hydrogen (secondary N) is 3. The molecule has 0 radical (unpaired) electrons. The summed E-state index contributed by atoms with van der Waals surface area (Å²) in [5, 5.41) is 26.9. The third-order valence-electron chi connectivity index (χ3n) is 11.7. The van der Waals surface area contributed by atoms with Crippen molar-refractivity contribution in [1.29, 1.82) is 0 Å². The van der Waals surface area contributed by atoms with Crippen molar-refractivity contribution in [2.45, 2.75) is 93.2 Å². The minimum Gasteiger partial charge on any atom is -0.494 e. The second-order valence-electron chi connectivity index (χ2n) is 17.1. The topological polar surface area (TPSA) is 237 Å². The maximum absolute atomic E-state index is 13.7. The van der Waals surface area contributed by atoms with E-state index in [1.54, 1.807) is 62.0 Å². The molecule has 0 saturated carbocycles. The first-order valence-corrected chi connectivity index (χ1v) is 26.3. The van der Waals surface area contributed by atoms with Gasteiger partial charge < -0.3 is 30.5 Å². The minimum absolute atomic E-state index is 0.0595. The van der Waals surface area contributed by atoms with E-state index in [4.69, 9.17) is 21.1 Å². The molecule has 4 N–H and O–H groups in total. The van der Waals surface area contributed by atoms with E-state index in [9.17, 15) is 31.5 Å². The largest absolute Gasteiger partial charge is 0.494 e. The molecule has 4 aromatic carbocycles. The van der Waals surface area contributed by atoms with Crippen molar-refractivity contribution in [2.75, 3.05) is 44.5 Å². The quantitative estimate of drug-likeness (QED) is 0.0376. The maximum atomic E-state index is 13.7. The van der Waals surface area contributed by atoms with Crippen LogP contribution in [0.2, 0.25) is 5.02 Å². The normalized spacial score (nSPS) is 12.3. The molecule has 21 heteroatoms. The Labute approximate surface area is 414 Å². The highest BCUT2D eigenvalue weighted by Gasteiger charge is 2.26. The monoisotopic (exact) mass is 1020 g/mol. The van der Waals surface area contributed by atoms with Crippen LogP contribution < -0.4 is 25.4 Å². The molecule has 0 aliphatic rings. The lowest BCUT2D eigenvalue weighted by Gasteiger charge is -2.22. The van der Waals surface area contributed by atoms with Crippen molar-refractivity contribution in [1.82, 2.24) is 34.6 Å². The van der Waals surface area contributed by atoms with Gasteiger partial charge >= 0.3 is 5.97 Å². The zero-order valence-electron chi connectivity index (χ0n) is 40.1. The Kier molecular flexibility index (Phi) is 18.2. The number of carbonyl (C=O) groups excluding carboxylic acids is 1. The lowest BCUT2D eigenvalue weighted by atomic mass is 9.86. The van der Waals surface area contributed by atoms with E-state index in [1.165, 1.54) is 42.9 Å². The van der Waals surface area contributed by atoms with E-state index >= 15 is 0 Å². The number of halogens is 1. The van der Waals surface area contributed by atoms with Crippen LogP contribution in [0.4, 0.5) is 17.5 Å². The molecule has 0 saturated heterocycles. The van der Waals surface area contributed by atoms with Crippen LogP contribution in [0.15, 0.2) is 94.9 Å². The predicted octanol–water partition coefficient (Wildman–Crippen LogP) is 8.03. The number of methoxy groups -OCH3 is 1. The molecule has 70 heavy (non-hydrogen) atoms. The molecular weight excluding hydrogens is 958 g/mol. The van der Waals surface area contributed by atoms with Crippen molar-refractivity contribution in [3.05, 3.63) is 112 Å². The lowest BCUT2D eigenvalue weighted by molar-refractivity contribution is -0.137. The molecule has 2 aromatic heterocycles. The fourth-order valence-electron chi connectivity index (χ4n) is 7.70. The number of nitrogens with zero attached hydrogens (tertiary/aromatic N) is 6. The van der Waals surface area contributed by atoms with Gasteiger partial charge in [-0.05, 0) is 111 Å². The van der Waals surface area contributed by atoms with Crippen LogP contribution in [-0.2, 0) is 43.0 Å². The molecule has 0 spiro atoms. The van der Waals surface area contributed by atoms with Gasteiger partial charge in [-0.3, -0.25) is 9.59 Å². The number of anilines is 3. The van der Waals surface area contributed by atoms with Crippen LogP contribution in [-0.4, -0.2) is 102 Å². The number of hydrogen-bond donors (Lipinski definition) is 4. The molecule has 1 amide bonds. The summed E-state index contributed by atoms with van der Waals surface area (Å²) in [6, 6.07) is 22.1. The second-order valence-corrected chi connectivity index (χ2v) is 22.0. The number of aliphatic carboxylic acids is 1. The number of fused-ring (bicyclic) bond motifs is 1. The van der Waals surface area contributed by atoms with Crippen LogP contribution in [0.25, 0.3) is 11.0 Å². The number of benzene rings is 4. The van der Waals surface area contributed by atoms with Crippen LogP contribution in [0, 0.1) is 6.92 Å². The molecule has 374 valence electrons. The maximum Gasteiger partial charge on any atom is 0.304 e. The van der Waals surface area contributed by atoms with Gasteiger partial charge in [-0.2, -0.15) is 9.29 Å². The Balaban J connectivity index is 0.893. The van der Waals surface area contributed by atoms with Crippen LogP contribution in [0.1, 0.15) is 87.0 Å². The number of para-hydroxylation sites is 1. The molecular formula is C49H60ClN9O9S2. The summed E-state index contributed by atoms with van der Waals surface area (Å²) in [7, 11) is -2.66. The SMILES string of the molecule is COc1cc(C(CC(=O)O)c2ccc(C)c(CN(C)S(=O)(=O)c3ccc(OCCCCCCNC(=O)CCCNc4ncc(Cl)c(Nc5ccccc5S(=O)(=O)C(C)C)n4)cc3)c2)cc2nnn(C)c12. The molecule has 6 aromatic rings.